The summed E-state index contributed by atoms with van der Waals surface area (Å²) in [6.45, 7) is -0.0764. The summed E-state index contributed by atoms with van der Waals surface area (Å²) in [5.41, 5.74) is 1.43. The summed E-state index contributed by atoms with van der Waals surface area (Å²) in [6, 6.07) is 16.5. The molecule has 0 saturated heterocycles. The molecule has 0 fully saturated rings. The number of hydrogen-bond acceptors (Lipinski definition) is 4. The Kier molecular flexibility index (Phi) is 6.51. The van der Waals surface area contributed by atoms with Gasteiger partial charge in [0.05, 0.1) is 5.56 Å². The Balaban J connectivity index is 1.42. The molecule has 8 heteroatoms. The molecule has 1 heterocycles. The second-order valence-electron chi connectivity index (χ2n) is 6.87. The highest BCUT2D eigenvalue weighted by molar-refractivity contribution is 7.13. The van der Waals surface area contributed by atoms with E-state index in [-0.39, 0.29) is 36.1 Å². The van der Waals surface area contributed by atoms with Gasteiger partial charge in [-0.1, -0.05) is 30.3 Å². The Morgan fingerprint density at radius 3 is 2.50 bits per heavy atom. The molecule has 32 heavy (non-hydrogen) atoms. The monoisotopic (exact) mass is 454 g/mol. The third-order valence-corrected chi connectivity index (χ3v) is 5.50. The molecule has 0 spiro atoms. The maximum Gasteiger partial charge on any atom is 0.271 e. The van der Waals surface area contributed by atoms with Crippen LogP contribution in [0, 0.1) is 17.5 Å². The van der Waals surface area contributed by atoms with Crippen LogP contribution in [0.3, 0.4) is 0 Å². The van der Waals surface area contributed by atoms with Crippen molar-refractivity contribution < 1.29 is 22.7 Å². The molecule has 0 radical (unpaired) electrons. The third kappa shape index (κ3) is 5.15. The maximum absolute atomic E-state index is 13.8. The second kappa shape index (κ2) is 9.65. The number of carbonyl (C=O) groups excluding carboxylic acids is 1. The van der Waals surface area contributed by atoms with Crippen molar-refractivity contribution in [3.8, 4) is 16.3 Å². The molecule has 4 nitrogen and oxygen atoms in total. The van der Waals surface area contributed by atoms with Gasteiger partial charge in [0.15, 0.2) is 0 Å². The first-order valence-corrected chi connectivity index (χ1v) is 10.5. The van der Waals surface area contributed by atoms with Crippen molar-refractivity contribution in [3.05, 3.63) is 106 Å². The summed E-state index contributed by atoms with van der Waals surface area (Å²) in [5.74, 6) is -1.67. The van der Waals surface area contributed by atoms with Gasteiger partial charge < -0.3 is 10.1 Å². The Labute approximate surface area is 186 Å². The summed E-state index contributed by atoms with van der Waals surface area (Å²) in [7, 11) is 0. The molecule has 1 amide bonds. The minimum atomic E-state index is -0.671. The largest absolute Gasteiger partial charge is 0.489 e. The van der Waals surface area contributed by atoms with Gasteiger partial charge in [-0.3, -0.25) is 4.79 Å². The fourth-order valence-electron chi connectivity index (χ4n) is 2.98. The number of aromatic nitrogens is 1. The minimum Gasteiger partial charge on any atom is -0.489 e. The van der Waals surface area contributed by atoms with E-state index in [9.17, 15) is 18.0 Å². The maximum atomic E-state index is 13.8. The molecule has 4 aromatic rings. The van der Waals surface area contributed by atoms with Gasteiger partial charge in [0, 0.05) is 17.5 Å². The molecule has 0 bridgehead atoms. The van der Waals surface area contributed by atoms with E-state index < -0.39 is 11.6 Å². The molecule has 0 aliphatic heterocycles. The van der Waals surface area contributed by atoms with E-state index in [1.54, 1.807) is 41.8 Å². The Morgan fingerprint density at radius 2 is 1.72 bits per heavy atom. The lowest BCUT2D eigenvalue weighted by Crippen LogP contribution is -2.23. The van der Waals surface area contributed by atoms with E-state index in [2.05, 4.69) is 10.3 Å². The van der Waals surface area contributed by atoms with Crippen LogP contribution in [0.25, 0.3) is 10.6 Å². The van der Waals surface area contributed by atoms with Gasteiger partial charge in [-0.15, -0.1) is 11.3 Å². The van der Waals surface area contributed by atoms with Gasteiger partial charge in [0.2, 0.25) is 0 Å². The fourth-order valence-corrected chi connectivity index (χ4v) is 3.77. The third-order valence-electron chi connectivity index (χ3n) is 4.60. The lowest BCUT2D eigenvalue weighted by atomic mass is 10.2. The normalized spacial score (nSPS) is 10.7. The van der Waals surface area contributed by atoms with Gasteiger partial charge >= 0.3 is 0 Å². The van der Waals surface area contributed by atoms with Gasteiger partial charge in [-0.05, 0) is 42.0 Å². The quantitative estimate of drug-likeness (QED) is 0.388. The lowest BCUT2D eigenvalue weighted by molar-refractivity contribution is 0.0946. The van der Waals surface area contributed by atoms with Crippen molar-refractivity contribution in [1.82, 2.24) is 10.3 Å². The lowest BCUT2D eigenvalue weighted by Gasteiger charge is -2.09. The van der Waals surface area contributed by atoms with Crippen molar-refractivity contribution >= 4 is 17.2 Å². The average Bonchev–Trinajstić information content (AvgIpc) is 3.28. The van der Waals surface area contributed by atoms with Crippen LogP contribution >= 0.6 is 11.3 Å². The van der Waals surface area contributed by atoms with Crippen molar-refractivity contribution in [1.29, 1.82) is 0 Å². The predicted molar refractivity (Wildman–Crippen MR) is 116 cm³/mol. The number of benzene rings is 3. The van der Waals surface area contributed by atoms with E-state index in [1.165, 1.54) is 41.7 Å². The molecule has 4 rings (SSSR count). The zero-order chi connectivity index (χ0) is 22.5. The van der Waals surface area contributed by atoms with Crippen LogP contribution in [0.5, 0.6) is 5.75 Å². The Hall–Kier alpha value is -3.65. The Morgan fingerprint density at radius 1 is 0.969 bits per heavy atom. The van der Waals surface area contributed by atoms with E-state index in [0.29, 0.717) is 21.9 Å². The van der Waals surface area contributed by atoms with Crippen LogP contribution in [0.4, 0.5) is 13.2 Å². The van der Waals surface area contributed by atoms with Crippen LogP contribution in [-0.4, -0.2) is 10.9 Å². The van der Waals surface area contributed by atoms with Crippen molar-refractivity contribution in [2.75, 3.05) is 0 Å². The molecule has 1 N–H and O–H groups in total. The molecule has 3 aromatic carbocycles. The highest BCUT2D eigenvalue weighted by Crippen LogP contribution is 2.28. The first-order valence-electron chi connectivity index (χ1n) is 9.64. The molecular formula is C24H17F3N2O2S. The standard InChI is InChI=1S/C24H17F3N2O2S/c25-17-6-1-4-15(10-17)12-28-23(30)22-14-32-24(29-22)16-5-2-7-18(11-16)31-13-19-20(26)8-3-9-21(19)27/h1-11,14H,12-13H2,(H,28,30). The molecule has 0 atom stereocenters. The minimum absolute atomic E-state index is 0.149. The van der Waals surface area contributed by atoms with Crippen molar-refractivity contribution in [3.63, 3.8) is 0 Å². The number of carbonyl (C=O) groups is 1. The summed E-state index contributed by atoms with van der Waals surface area (Å²) in [4.78, 5) is 16.7. The van der Waals surface area contributed by atoms with Crippen molar-refractivity contribution in [2.24, 2.45) is 0 Å². The van der Waals surface area contributed by atoms with Crippen LogP contribution in [0.2, 0.25) is 0 Å². The number of amides is 1. The molecule has 0 aliphatic rings. The predicted octanol–water partition coefficient (Wildman–Crippen LogP) is 5.74. The highest BCUT2D eigenvalue weighted by Gasteiger charge is 2.13. The molecular weight excluding hydrogens is 437 g/mol. The number of hydrogen-bond donors (Lipinski definition) is 1. The molecule has 0 aliphatic carbocycles. The van der Waals surface area contributed by atoms with E-state index in [0.717, 1.165) is 0 Å². The summed E-state index contributed by atoms with van der Waals surface area (Å²) in [5, 5.41) is 4.92. The topological polar surface area (TPSA) is 51.2 Å². The van der Waals surface area contributed by atoms with Crippen LogP contribution in [0.15, 0.2) is 72.1 Å². The van der Waals surface area contributed by atoms with E-state index in [1.807, 2.05) is 0 Å². The van der Waals surface area contributed by atoms with Gasteiger partial charge in [-0.25, -0.2) is 18.2 Å². The number of nitrogens with one attached hydrogen (secondary N) is 1. The smallest absolute Gasteiger partial charge is 0.271 e. The van der Waals surface area contributed by atoms with Crippen LogP contribution in [0.1, 0.15) is 21.6 Å². The van der Waals surface area contributed by atoms with Gasteiger partial charge in [-0.2, -0.15) is 0 Å². The molecule has 1 aromatic heterocycles. The summed E-state index contributed by atoms with van der Waals surface area (Å²) < 4.78 is 46.4. The molecule has 0 unspecified atom stereocenters. The van der Waals surface area contributed by atoms with Crippen LogP contribution < -0.4 is 10.1 Å². The van der Waals surface area contributed by atoms with Gasteiger partial charge in [0.25, 0.3) is 5.91 Å². The van der Waals surface area contributed by atoms with Crippen molar-refractivity contribution in [2.45, 2.75) is 13.2 Å². The number of rotatable bonds is 7. The first kappa shape index (κ1) is 21.6. The Bertz CT molecular complexity index is 1240. The fraction of sp³-hybridized carbons (Fsp3) is 0.0833. The highest BCUT2D eigenvalue weighted by atomic mass is 32.1. The van der Waals surface area contributed by atoms with E-state index >= 15 is 0 Å². The van der Waals surface area contributed by atoms with E-state index in [4.69, 9.17) is 4.74 Å². The summed E-state index contributed by atoms with van der Waals surface area (Å²) in [6.07, 6.45) is 0. The SMILES string of the molecule is O=C(NCc1cccc(F)c1)c1csc(-c2cccc(OCc3c(F)cccc3F)c2)n1. The average molecular weight is 454 g/mol. The number of thiazole rings is 1. The number of halogens is 3. The molecule has 0 saturated carbocycles. The molecule has 162 valence electrons. The number of nitrogens with zero attached hydrogens (tertiary/aromatic N) is 1. The van der Waals surface area contributed by atoms with Crippen LogP contribution in [-0.2, 0) is 13.2 Å². The second-order valence-corrected chi connectivity index (χ2v) is 7.73. The van der Waals surface area contributed by atoms with Gasteiger partial charge in [0.1, 0.15) is 40.5 Å². The first-order chi connectivity index (χ1) is 15.5. The number of ether oxygens (including phenoxy) is 1. The summed E-state index contributed by atoms with van der Waals surface area (Å²) >= 11 is 1.28. The zero-order valence-corrected chi connectivity index (χ0v) is 17.5. The zero-order valence-electron chi connectivity index (χ0n) is 16.6.